The average molecular weight is 1060 g/mol. The van der Waals surface area contributed by atoms with Gasteiger partial charge in [-0.3, -0.25) is 14.4 Å². The number of aliphatic carboxylic acids is 1. The molecule has 0 aromatic carbocycles. The highest BCUT2D eigenvalue weighted by molar-refractivity contribution is 5.82. The van der Waals surface area contributed by atoms with E-state index in [4.69, 9.17) is 47.1 Å². The monoisotopic (exact) mass is 1060 g/mol. The molecule has 6 N–H and O–H groups in total. The number of nitrogens with two attached hydrogens (primary N) is 2. The lowest BCUT2D eigenvalue weighted by molar-refractivity contribution is -0.200. The number of alkyl halides is 3. The van der Waals surface area contributed by atoms with E-state index >= 15 is 0 Å². The molecule has 0 spiro atoms. The molecule has 406 valence electrons. The Morgan fingerprint density at radius 3 is 1.88 bits per heavy atom. The van der Waals surface area contributed by atoms with Gasteiger partial charge in [0, 0.05) is 65.3 Å². The zero-order chi connectivity index (χ0) is 52.4. The van der Waals surface area contributed by atoms with E-state index in [0.29, 0.717) is 102 Å². The summed E-state index contributed by atoms with van der Waals surface area (Å²) in [6, 6.07) is -3.35. The van der Waals surface area contributed by atoms with Crippen LogP contribution in [-0.2, 0) is 38.1 Å². The number of amides is 2. The molecular formula is C44H67ClF3N16O9-. The van der Waals surface area contributed by atoms with Crippen LogP contribution in [0.2, 0.25) is 0 Å². The number of carbonyl (C=O) groups excluding carboxylic acids is 3. The molecule has 5 rings (SSSR count). The zero-order valence-corrected chi connectivity index (χ0v) is 42.3. The Morgan fingerprint density at radius 2 is 1.33 bits per heavy atom. The van der Waals surface area contributed by atoms with Crippen LogP contribution < -0.4 is 39.0 Å². The van der Waals surface area contributed by atoms with Crippen LogP contribution in [0.4, 0.5) is 31.0 Å². The number of nitrogens with one attached hydrogen (secondary N) is 1. The van der Waals surface area contributed by atoms with Crippen LogP contribution in [0.3, 0.4) is 0 Å². The topological polar surface area (TPSA) is 303 Å². The first-order valence-corrected chi connectivity index (χ1v) is 23.9. The molecule has 0 bridgehead atoms. The lowest BCUT2D eigenvalue weighted by Gasteiger charge is -2.38. The van der Waals surface area contributed by atoms with E-state index in [1.165, 1.54) is 15.6 Å². The lowest BCUT2D eigenvalue weighted by Crippen LogP contribution is -3.00. The molecule has 3 aromatic rings. The minimum absolute atomic E-state index is 0. The van der Waals surface area contributed by atoms with Crippen LogP contribution in [0.15, 0.2) is 12.4 Å². The van der Waals surface area contributed by atoms with Gasteiger partial charge in [-0.15, -0.1) is 16.6 Å². The number of carboxylic acids is 1. The minimum atomic E-state index is -5.18. The molecule has 3 unspecified atom stereocenters. The van der Waals surface area contributed by atoms with E-state index in [9.17, 15) is 37.5 Å². The predicted octanol–water partition coefficient (Wildman–Crippen LogP) is -2.00. The smallest absolute Gasteiger partial charge is 0.490 e. The number of carbonyl (C=O) groups is 4. The number of nitrogens with zero attached hydrogens (tertiary/aromatic N) is 13. The van der Waals surface area contributed by atoms with E-state index < -0.39 is 48.9 Å². The molecule has 0 radical (unpaired) electrons. The zero-order valence-electron chi connectivity index (χ0n) is 41.5. The third-order valence-corrected chi connectivity index (χ3v) is 11.9. The van der Waals surface area contributed by atoms with Crippen molar-refractivity contribution in [3.63, 3.8) is 0 Å². The molecule has 73 heavy (non-hydrogen) atoms. The summed E-state index contributed by atoms with van der Waals surface area (Å²) in [5.41, 5.74) is 12.9. The van der Waals surface area contributed by atoms with Crippen LogP contribution in [-0.4, -0.2) is 195 Å². The van der Waals surface area contributed by atoms with Gasteiger partial charge in [0.25, 0.3) is 0 Å². The number of ether oxygens (including phenoxy) is 4. The highest BCUT2D eigenvalue weighted by Crippen LogP contribution is 2.28. The van der Waals surface area contributed by atoms with Crippen LogP contribution in [0, 0.1) is 24.2 Å². The molecule has 5 heterocycles. The first kappa shape index (κ1) is 59.6. The second-order valence-corrected chi connectivity index (χ2v) is 17.8. The predicted molar refractivity (Wildman–Crippen MR) is 252 cm³/mol. The standard InChI is InChI=1S/C44H67F3N16O9.ClH/c1-6-19-69-21-23-71-24-22-70-20-10-50-41-51-42(60-15-11-58(12-16-60)38(66)35(8-9-36(64)65)62-26-33(54-56-62)31(48)25-29(3)4)53-43(52-41)61-17-13-59(14-18-61)39(67)37(30(5)7-2)63-27-34(55-57-63)32(49)28-72-40(68)44(45,46)47;/h1,26-27,29-32,35,37H,7-25,28,48-49H2,2-5H3,(H,64,65)(H,50,51,52,53);1H/p-1/t30-,31?,32?,35-,37?;/m0./s1. The molecule has 25 nitrogen and oxygen atoms in total. The van der Waals surface area contributed by atoms with E-state index in [0.717, 1.165) is 0 Å². The highest BCUT2D eigenvalue weighted by Gasteiger charge is 2.41. The minimum Gasteiger partial charge on any atom is -1.00 e. The Morgan fingerprint density at radius 1 is 0.795 bits per heavy atom. The number of carboxylic acid groups (broad SMARTS) is 1. The quantitative estimate of drug-likeness (QED) is 0.0347. The second kappa shape index (κ2) is 29.0. The average Bonchev–Trinajstić information content (AvgIpc) is 4.06. The van der Waals surface area contributed by atoms with Gasteiger partial charge < -0.3 is 72.8 Å². The van der Waals surface area contributed by atoms with Crippen molar-refractivity contribution >= 4 is 41.6 Å². The van der Waals surface area contributed by atoms with Gasteiger partial charge in [-0.2, -0.15) is 28.1 Å². The van der Waals surface area contributed by atoms with Gasteiger partial charge in [0.2, 0.25) is 29.7 Å². The van der Waals surface area contributed by atoms with E-state index in [1.807, 2.05) is 37.5 Å². The maximum atomic E-state index is 14.2. The molecule has 5 atom stereocenters. The second-order valence-electron chi connectivity index (χ2n) is 17.8. The Labute approximate surface area is 427 Å². The van der Waals surface area contributed by atoms with Gasteiger partial charge in [-0.25, -0.2) is 14.2 Å². The summed E-state index contributed by atoms with van der Waals surface area (Å²) >= 11 is 0. The van der Waals surface area contributed by atoms with Crippen molar-refractivity contribution in [2.45, 2.75) is 83.7 Å². The SMILES string of the molecule is C#CCOCCOCCOCCNc1nc(N2CCN(C(=O)C([C@@H](C)CC)n3cc(C(N)COC(=O)C(F)(F)F)nn3)CC2)nc(N2CCN(C(=O)[C@H](CCC(=O)O)n3cc(C(N)CC(C)C)nn3)CC2)n1.[Cl-]. The summed E-state index contributed by atoms with van der Waals surface area (Å²) in [5.74, 6) is -0.549. The van der Waals surface area contributed by atoms with Gasteiger partial charge in [-0.1, -0.05) is 50.5 Å². The number of hydrogen-bond acceptors (Lipinski definition) is 20. The van der Waals surface area contributed by atoms with Crippen molar-refractivity contribution in [1.82, 2.24) is 54.7 Å². The summed E-state index contributed by atoms with van der Waals surface area (Å²) < 4.78 is 61.5. The summed E-state index contributed by atoms with van der Waals surface area (Å²) in [6.07, 6.45) is 3.98. The van der Waals surface area contributed by atoms with Gasteiger partial charge in [0.15, 0.2) is 0 Å². The number of rotatable bonds is 28. The summed E-state index contributed by atoms with van der Waals surface area (Å²) in [6.45, 7) is 11.8. The number of terminal acetylenes is 1. The van der Waals surface area contributed by atoms with Crippen molar-refractivity contribution < 1.29 is 68.8 Å². The number of anilines is 3. The van der Waals surface area contributed by atoms with Gasteiger partial charge >= 0.3 is 18.1 Å². The van der Waals surface area contributed by atoms with E-state index in [-0.39, 0.29) is 87.4 Å². The fraction of sp³-hybridized carbons (Fsp3) is 0.705. The molecule has 2 saturated heterocycles. The molecule has 0 saturated carbocycles. The molecule has 2 aliphatic heterocycles. The third-order valence-electron chi connectivity index (χ3n) is 11.9. The Balaban J connectivity index is 0.0000116. The van der Waals surface area contributed by atoms with E-state index in [1.54, 1.807) is 16.0 Å². The van der Waals surface area contributed by atoms with Crippen molar-refractivity contribution in [2.24, 2.45) is 23.3 Å². The molecule has 3 aromatic heterocycles. The fourth-order valence-corrected chi connectivity index (χ4v) is 7.81. The molecule has 29 heteroatoms. The van der Waals surface area contributed by atoms with Gasteiger partial charge in [0.1, 0.15) is 31.0 Å². The molecule has 2 amide bonds. The summed E-state index contributed by atoms with van der Waals surface area (Å²) in [7, 11) is 0. The van der Waals surface area contributed by atoms with Crippen LogP contribution in [0.5, 0.6) is 0 Å². The van der Waals surface area contributed by atoms with Crippen molar-refractivity contribution in [1.29, 1.82) is 0 Å². The maximum Gasteiger partial charge on any atom is 0.490 e. The maximum absolute atomic E-state index is 14.2. The van der Waals surface area contributed by atoms with Crippen LogP contribution in [0.1, 0.15) is 88.9 Å². The summed E-state index contributed by atoms with van der Waals surface area (Å²) in [5, 5.41) is 29.2. The Hall–Kier alpha value is -5.99. The molecule has 2 aliphatic rings. The van der Waals surface area contributed by atoms with Gasteiger partial charge in [-0.05, 0) is 24.7 Å². The molecule has 0 aliphatic carbocycles. The normalized spacial score (nSPS) is 16.3. The summed E-state index contributed by atoms with van der Waals surface area (Å²) in [4.78, 5) is 72.7. The van der Waals surface area contributed by atoms with Crippen molar-refractivity contribution in [3.8, 4) is 12.3 Å². The Kier molecular flexibility index (Phi) is 23.7. The van der Waals surface area contributed by atoms with Crippen LogP contribution in [0.25, 0.3) is 0 Å². The molecular weight excluding hydrogens is 989 g/mol. The van der Waals surface area contributed by atoms with Crippen LogP contribution >= 0.6 is 0 Å². The third kappa shape index (κ3) is 17.9. The number of halogens is 4. The number of hydrogen-bond donors (Lipinski definition) is 4. The van der Waals surface area contributed by atoms with Gasteiger partial charge in [0.05, 0.1) is 63.2 Å². The number of aromatic nitrogens is 9. The molecule has 2 fully saturated rings. The highest BCUT2D eigenvalue weighted by atomic mass is 35.5. The largest absolute Gasteiger partial charge is 1.00 e. The number of esters is 1. The first-order chi connectivity index (χ1) is 34.4. The van der Waals surface area contributed by atoms with Crippen molar-refractivity contribution in [2.75, 3.05) is 120 Å². The van der Waals surface area contributed by atoms with E-state index in [2.05, 4.69) is 36.6 Å². The fourth-order valence-electron chi connectivity index (χ4n) is 7.81. The van der Waals surface area contributed by atoms with Crippen molar-refractivity contribution in [3.05, 3.63) is 23.8 Å². The first-order valence-electron chi connectivity index (χ1n) is 23.9. The Bertz CT molecular complexity index is 2250. The lowest BCUT2D eigenvalue weighted by atomic mass is 9.97. The number of piperazine rings is 2.